The van der Waals surface area contributed by atoms with E-state index in [-0.39, 0.29) is 11.8 Å². The fourth-order valence-corrected chi connectivity index (χ4v) is 3.54. The number of aliphatic carboxylic acids is 1. The lowest BCUT2D eigenvalue weighted by molar-refractivity contribution is -0.148. The lowest BCUT2D eigenvalue weighted by Gasteiger charge is -2.34. The normalized spacial score (nSPS) is 19.1. The van der Waals surface area contributed by atoms with Gasteiger partial charge in [0.05, 0.1) is 5.92 Å². The second-order valence-corrected chi connectivity index (χ2v) is 6.35. The van der Waals surface area contributed by atoms with Gasteiger partial charge in [0.15, 0.2) is 0 Å². The number of hydrogen-bond donors (Lipinski definition) is 2. The summed E-state index contributed by atoms with van der Waals surface area (Å²) in [7, 11) is 0. The van der Waals surface area contributed by atoms with Crippen molar-refractivity contribution in [2.75, 3.05) is 11.5 Å². The summed E-state index contributed by atoms with van der Waals surface area (Å²) in [6.07, 6.45) is 0.973. The molecular formula is C15H19NO3S. The van der Waals surface area contributed by atoms with Gasteiger partial charge in [-0.15, -0.1) is 0 Å². The molecule has 1 aliphatic rings. The summed E-state index contributed by atoms with van der Waals surface area (Å²) in [5.74, 6) is 0.0532. The minimum Gasteiger partial charge on any atom is -0.480 e. The van der Waals surface area contributed by atoms with Crippen LogP contribution in [0.3, 0.4) is 0 Å². The highest BCUT2D eigenvalue weighted by molar-refractivity contribution is 7.99. The Labute approximate surface area is 123 Å². The van der Waals surface area contributed by atoms with Gasteiger partial charge in [0, 0.05) is 0 Å². The van der Waals surface area contributed by atoms with E-state index in [1.165, 1.54) is 0 Å². The molecule has 0 spiro atoms. The zero-order chi connectivity index (χ0) is 14.6. The molecule has 0 saturated carbocycles. The number of nitrogens with one attached hydrogen (secondary N) is 1. The molecule has 2 rings (SSSR count). The van der Waals surface area contributed by atoms with Gasteiger partial charge in [0.2, 0.25) is 5.91 Å². The predicted octanol–water partition coefficient (Wildman–Crippen LogP) is 2.26. The number of hydrogen-bond acceptors (Lipinski definition) is 3. The summed E-state index contributed by atoms with van der Waals surface area (Å²) in [5, 5.41) is 12.2. The summed E-state index contributed by atoms with van der Waals surface area (Å²) in [4.78, 5) is 23.9. The molecule has 1 heterocycles. The zero-order valence-electron chi connectivity index (χ0n) is 11.5. The number of benzene rings is 1. The fourth-order valence-electron chi connectivity index (χ4n) is 2.35. The highest BCUT2D eigenvalue weighted by atomic mass is 32.2. The molecule has 4 nitrogen and oxygen atoms in total. The quantitative estimate of drug-likeness (QED) is 0.893. The van der Waals surface area contributed by atoms with E-state index < -0.39 is 11.5 Å². The number of carboxylic acids is 1. The largest absolute Gasteiger partial charge is 0.480 e. The highest BCUT2D eigenvalue weighted by Crippen LogP contribution is 2.28. The van der Waals surface area contributed by atoms with E-state index in [1.54, 1.807) is 18.7 Å². The first-order valence-electron chi connectivity index (χ1n) is 6.73. The molecule has 1 fully saturated rings. The van der Waals surface area contributed by atoms with E-state index >= 15 is 0 Å². The van der Waals surface area contributed by atoms with Crippen molar-refractivity contribution in [3.8, 4) is 0 Å². The Morgan fingerprint density at radius 3 is 2.40 bits per heavy atom. The van der Waals surface area contributed by atoms with Crippen LogP contribution in [-0.4, -0.2) is 34.0 Å². The van der Waals surface area contributed by atoms with Crippen LogP contribution >= 0.6 is 11.8 Å². The maximum atomic E-state index is 12.3. The Kier molecular flexibility index (Phi) is 4.70. The first kappa shape index (κ1) is 14.9. The molecule has 1 aliphatic heterocycles. The topological polar surface area (TPSA) is 66.4 Å². The van der Waals surface area contributed by atoms with Gasteiger partial charge in [-0.2, -0.15) is 11.8 Å². The molecule has 1 amide bonds. The second-order valence-electron chi connectivity index (χ2n) is 5.12. The standard InChI is InChI=1S/C15H19NO3S/c1-11(12-5-3-2-4-6-12)13(17)16-15(14(18)19)7-9-20-10-8-15/h2-6,11H,7-10H2,1H3,(H,16,17)(H,18,19). The Morgan fingerprint density at radius 2 is 1.85 bits per heavy atom. The van der Waals surface area contributed by atoms with Crippen molar-refractivity contribution in [2.24, 2.45) is 0 Å². The Bertz CT molecular complexity index is 483. The lowest BCUT2D eigenvalue weighted by Crippen LogP contribution is -2.57. The molecule has 0 radical (unpaired) electrons. The third-order valence-electron chi connectivity index (χ3n) is 3.81. The van der Waals surface area contributed by atoms with E-state index in [0.717, 1.165) is 17.1 Å². The van der Waals surface area contributed by atoms with Gasteiger partial charge in [-0.3, -0.25) is 4.79 Å². The van der Waals surface area contributed by atoms with E-state index in [0.29, 0.717) is 12.8 Å². The fraction of sp³-hybridized carbons (Fsp3) is 0.467. The lowest BCUT2D eigenvalue weighted by atomic mass is 9.90. The van der Waals surface area contributed by atoms with Crippen molar-refractivity contribution < 1.29 is 14.7 Å². The van der Waals surface area contributed by atoms with Gasteiger partial charge in [-0.05, 0) is 36.8 Å². The van der Waals surface area contributed by atoms with Crippen LogP contribution in [0.2, 0.25) is 0 Å². The molecule has 0 aromatic heterocycles. The van der Waals surface area contributed by atoms with Crippen LogP contribution in [0, 0.1) is 0 Å². The minimum absolute atomic E-state index is 0.217. The van der Waals surface area contributed by atoms with Gasteiger partial charge in [-0.1, -0.05) is 30.3 Å². The molecule has 0 bridgehead atoms. The van der Waals surface area contributed by atoms with Crippen molar-refractivity contribution in [1.29, 1.82) is 0 Å². The molecule has 1 atom stereocenters. The smallest absolute Gasteiger partial charge is 0.329 e. The summed E-state index contributed by atoms with van der Waals surface area (Å²) in [6, 6.07) is 9.42. The molecule has 5 heteroatoms. The molecule has 1 saturated heterocycles. The highest BCUT2D eigenvalue weighted by Gasteiger charge is 2.41. The van der Waals surface area contributed by atoms with Crippen LogP contribution in [0.1, 0.15) is 31.2 Å². The average Bonchev–Trinajstić information content (AvgIpc) is 2.48. The number of rotatable bonds is 4. The summed E-state index contributed by atoms with van der Waals surface area (Å²) >= 11 is 1.73. The third-order valence-corrected chi connectivity index (χ3v) is 4.80. The summed E-state index contributed by atoms with van der Waals surface area (Å²) in [5.41, 5.74) is -0.193. The first-order valence-corrected chi connectivity index (χ1v) is 7.89. The van der Waals surface area contributed by atoms with Gasteiger partial charge in [0.25, 0.3) is 0 Å². The molecule has 20 heavy (non-hydrogen) atoms. The van der Waals surface area contributed by atoms with Crippen LogP contribution in [-0.2, 0) is 9.59 Å². The van der Waals surface area contributed by atoms with Gasteiger partial charge >= 0.3 is 5.97 Å². The van der Waals surface area contributed by atoms with Crippen LogP contribution < -0.4 is 5.32 Å². The maximum absolute atomic E-state index is 12.3. The second kappa shape index (κ2) is 6.31. The maximum Gasteiger partial charge on any atom is 0.329 e. The number of carboxylic acid groups (broad SMARTS) is 1. The molecule has 1 aromatic rings. The summed E-state index contributed by atoms with van der Waals surface area (Å²) in [6.45, 7) is 1.80. The number of amides is 1. The van der Waals surface area contributed by atoms with Crippen LogP contribution in [0.5, 0.6) is 0 Å². The average molecular weight is 293 g/mol. The monoisotopic (exact) mass is 293 g/mol. The zero-order valence-corrected chi connectivity index (χ0v) is 12.3. The van der Waals surface area contributed by atoms with Gasteiger partial charge in [-0.25, -0.2) is 4.79 Å². The third kappa shape index (κ3) is 3.15. The van der Waals surface area contributed by atoms with Crippen molar-refractivity contribution >= 4 is 23.6 Å². The van der Waals surface area contributed by atoms with E-state index in [2.05, 4.69) is 5.32 Å². The Balaban J connectivity index is 2.11. The van der Waals surface area contributed by atoms with E-state index in [1.807, 2.05) is 30.3 Å². The SMILES string of the molecule is CC(C(=O)NC1(C(=O)O)CCSCC1)c1ccccc1. The van der Waals surface area contributed by atoms with Crippen molar-refractivity contribution in [2.45, 2.75) is 31.2 Å². The van der Waals surface area contributed by atoms with Gasteiger partial charge in [0.1, 0.15) is 5.54 Å². The minimum atomic E-state index is -1.09. The van der Waals surface area contributed by atoms with Crippen molar-refractivity contribution in [1.82, 2.24) is 5.32 Å². The van der Waals surface area contributed by atoms with Gasteiger partial charge < -0.3 is 10.4 Å². The van der Waals surface area contributed by atoms with E-state index in [4.69, 9.17) is 0 Å². The molecule has 0 aliphatic carbocycles. The summed E-state index contributed by atoms with van der Waals surface area (Å²) < 4.78 is 0. The predicted molar refractivity (Wildman–Crippen MR) is 79.9 cm³/mol. The molecule has 108 valence electrons. The van der Waals surface area contributed by atoms with E-state index in [9.17, 15) is 14.7 Å². The number of thioether (sulfide) groups is 1. The Hall–Kier alpha value is -1.49. The molecular weight excluding hydrogens is 274 g/mol. The van der Waals surface area contributed by atoms with Crippen LogP contribution in [0.4, 0.5) is 0 Å². The van der Waals surface area contributed by atoms with Crippen molar-refractivity contribution in [3.63, 3.8) is 0 Å². The molecule has 1 aromatic carbocycles. The molecule has 2 N–H and O–H groups in total. The van der Waals surface area contributed by atoms with Crippen LogP contribution in [0.15, 0.2) is 30.3 Å². The van der Waals surface area contributed by atoms with Crippen LogP contribution in [0.25, 0.3) is 0 Å². The van der Waals surface area contributed by atoms with Crippen molar-refractivity contribution in [3.05, 3.63) is 35.9 Å². The first-order chi connectivity index (χ1) is 9.55. The molecule has 1 unspecified atom stereocenters. The number of carbonyl (C=O) groups is 2. The Morgan fingerprint density at radius 1 is 1.25 bits per heavy atom. The number of carbonyl (C=O) groups excluding carboxylic acids is 1.